The summed E-state index contributed by atoms with van der Waals surface area (Å²) in [5.74, 6) is 0.0529. The summed E-state index contributed by atoms with van der Waals surface area (Å²) in [5.41, 5.74) is 3.69. The first-order chi connectivity index (χ1) is 9.32. The third-order valence-electron chi connectivity index (χ3n) is 4.11. The van der Waals surface area contributed by atoms with E-state index >= 15 is 0 Å². The molecule has 2 heteroatoms. The zero-order chi connectivity index (χ0) is 12.9. The molecule has 0 saturated heterocycles. The molecule has 0 fully saturated rings. The quantitative estimate of drug-likeness (QED) is 0.712. The number of carbonyl (C=O) groups is 1. The van der Waals surface area contributed by atoms with Gasteiger partial charge < -0.3 is 5.32 Å². The van der Waals surface area contributed by atoms with E-state index < -0.39 is 5.41 Å². The van der Waals surface area contributed by atoms with Gasteiger partial charge in [0.25, 0.3) is 0 Å². The van der Waals surface area contributed by atoms with Gasteiger partial charge in [0.15, 0.2) is 0 Å². The van der Waals surface area contributed by atoms with Gasteiger partial charge in [-0.1, -0.05) is 54.6 Å². The van der Waals surface area contributed by atoms with Crippen molar-refractivity contribution >= 4 is 11.6 Å². The summed E-state index contributed by atoms with van der Waals surface area (Å²) in [6.07, 6.45) is 5.05. The highest BCUT2D eigenvalue weighted by Crippen LogP contribution is 2.46. The number of hydrogen-bond donors (Lipinski definition) is 1. The second kappa shape index (κ2) is 3.58. The van der Waals surface area contributed by atoms with Gasteiger partial charge in [-0.15, -0.1) is 0 Å². The summed E-state index contributed by atoms with van der Waals surface area (Å²) >= 11 is 0. The molecule has 1 unspecified atom stereocenters. The van der Waals surface area contributed by atoms with Crippen molar-refractivity contribution in [1.29, 1.82) is 0 Å². The van der Waals surface area contributed by atoms with Gasteiger partial charge >= 0.3 is 0 Å². The fraction of sp³-hybridized carbons (Fsp3) is 0.118. The molecule has 2 aliphatic rings. The van der Waals surface area contributed by atoms with Gasteiger partial charge in [0, 0.05) is 5.69 Å². The van der Waals surface area contributed by atoms with Crippen LogP contribution in [0.25, 0.3) is 0 Å². The molecular weight excluding hydrogens is 234 g/mol. The number of rotatable bonds is 0. The predicted octanol–water partition coefficient (Wildman–Crippen LogP) is 3.04. The van der Waals surface area contributed by atoms with Crippen molar-refractivity contribution < 1.29 is 4.79 Å². The van der Waals surface area contributed by atoms with Crippen LogP contribution in [0, 0.1) is 0 Å². The van der Waals surface area contributed by atoms with E-state index in [-0.39, 0.29) is 5.91 Å². The predicted molar refractivity (Wildman–Crippen MR) is 75.1 cm³/mol. The van der Waals surface area contributed by atoms with E-state index in [2.05, 4.69) is 29.6 Å². The maximum atomic E-state index is 12.6. The Morgan fingerprint density at radius 1 is 0.947 bits per heavy atom. The fourth-order valence-corrected chi connectivity index (χ4v) is 3.25. The minimum atomic E-state index is -0.633. The Hall–Kier alpha value is -2.35. The van der Waals surface area contributed by atoms with E-state index in [0.717, 1.165) is 23.2 Å². The highest BCUT2D eigenvalue weighted by Gasteiger charge is 2.47. The number of benzene rings is 2. The number of carbonyl (C=O) groups excluding carboxylic acids is 1. The first kappa shape index (κ1) is 10.6. The largest absolute Gasteiger partial charge is 0.324 e. The Balaban J connectivity index is 2.07. The molecule has 19 heavy (non-hydrogen) atoms. The van der Waals surface area contributed by atoms with Crippen molar-refractivity contribution in [3.8, 4) is 0 Å². The van der Waals surface area contributed by atoms with Crippen LogP contribution in [0.4, 0.5) is 5.69 Å². The van der Waals surface area contributed by atoms with E-state index in [1.807, 2.05) is 36.4 Å². The number of amides is 1. The van der Waals surface area contributed by atoms with Gasteiger partial charge in [-0.2, -0.15) is 0 Å². The molecule has 92 valence electrons. The summed E-state index contributed by atoms with van der Waals surface area (Å²) < 4.78 is 0. The first-order valence-corrected chi connectivity index (χ1v) is 6.49. The summed E-state index contributed by atoms with van der Waals surface area (Å²) in [4.78, 5) is 12.6. The van der Waals surface area contributed by atoms with Gasteiger partial charge in [-0.3, -0.25) is 4.79 Å². The maximum Gasteiger partial charge on any atom is 0.243 e. The van der Waals surface area contributed by atoms with Crippen LogP contribution in [0.3, 0.4) is 0 Å². The van der Waals surface area contributed by atoms with Crippen LogP contribution in [-0.2, 0) is 16.6 Å². The smallest absolute Gasteiger partial charge is 0.243 e. The standard InChI is InChI=1S/C17H13NO/c19-16-17(14-9-3-4-10-15(14)18-16)11-5-7-12-6-1-2-8-13(12)17/h1-6,8-11H,7H2,(H,18,19). The molecule has 2 aromatic rings. The Kier molecular flexibility index (Phi) is 1.99. The number of allylic oxidation sites excluding steroid dienone is 1. The average molecular weight is 247 g/mol. The lowest BCUT2D eigenvalue weighted by molar-refractivity contribution is -0.118. The summed E-state index contributed by atoms with van der Waals surface area (Å²) in [5, 5.41) is 3.01. The molecule has 0 bridgehead atoms. The number of para-hydroxylation sites is 1. The second-order valence-electron chi connectivity index (χ2n) is 5.07. The SMILES string of the molecule is O=C1Nc2ccccc2C12C=CCc1ccccc12. The Morgan fingerprint density at radius 3 is 2.58 bits per heavy atom. The van der Waals surface area contributed by atoms with Crippen molar-refractivity contribution in [2.45, 2.75) is 11.8 Å². The molecule has 1 spiro atoms. The topological polar surface area (TPSA) is 29.1 Å². The number of anilines is 1. The van der Waals surface area contributed by atoms with Crippen LogP contribution in [0.15, 0.2) is 60.7 Å². The van der Waals surface area contributed by atoms with Gasteiger partial charge in [0.1, 0.15) is 5.41 Å². The Labute approximate surface area is 111 Å². The molecule has 1 aliphatic heterocycles. The van der Waals surface area contributed by atoms with Gasteiger partial charge in [0.2, 0.25) is 5.91 Å². The van der Waals surface area contributed by atoms with Crippen molar-refractivity contribution in [3.63, 3.8) is 0 Å². The Bertz CT molecular complexity index is 717. The van der Waals surface area contributed by atoms with Crippen LogP contribution in [0.2, 0.25) is 0 Å². The molecule has 2 aromatic carbocycles. The van der Waals surface area contributed by atoms with Crippen LogP contribution < -0.4 is 5.32 Å². The third-order valence-corrected chi connectivity index (χ3v) is 4.11. The third kappa shape index (κ3) is 1.23. The van der Waals surface area contributed by atoms with Crippen LogP contribution in [0.1, 0.15) is 16.7 Å². The zero-order valence-electron chi connectivity index (χ0n) is 10.4. The molecule has 0 aromatic heterocycles. The monoisotopic (exact) mass is 247 g/mol. The molecule has 1 N–H and O–H groups in total. The average Bonchev–Trinajstić information content (AvgIpc) is 2.73. The zero-order valence-corrected chi connectivity index (χ0v) is 10.4. The molecule has 4 rings (SSSR count). The van der Waals surface area contributed by atoms with Crippen LogP contribution in [0.5, 0.6) is 0 Å². The van der Waals surface area contributed by atoms with Crippen LogP contribution >= 0.6 is 0 Å². The molecular formula is C17H13NO. The van der Waals surface area contributed by atoms with E-state index in [1.54, 1.807) is 0 Å². The molecule has 1 amide bonds. The number of fused-ring (bicyclic) bond motifs is 4. The van der Waals surface area contributed by atoms with Crippen LogP contribution in [-0.4, -0.2) is 5.91 Å². The second-order valence-corrected chi connectivity index (χ2v) is 5.07. The van der Waals surface area contributed by atoms with Crippen molar-refractivity contribution in [1.82, 2.24) is 0 Å². The Morgan fingerprint density at radius 2 is 1.68 bits per heavy atom. The van der Waals surface area contributed by atoms with Gasteiger partial charge in [-0.25, -0.2) is 0 Å². The van der Waals surface area contributed by atoms with Crippen molar-refractivity contribution in [2.24, 2.45) is 0 Å². The van der Waals surface area contributed by atoms with E-state index in [1.165, 1.54) is 5.56 Å². The minimum Gasteiger partial charge on any atom is -0.324 e. The lowest BCUT2D eigenvalue weighted by atomic mass is 9.70. The molecule has 2 nitrogen and oxygen atoms in total. The summed E-state index contributed by atoms with van der Waals surface area (Å²) in [7, 11) is 0. The van der Waals surface area contributed by atoms with E-state index in [4.69, 9.17) is 0 Å². The highest BCUT2D eigenvalue weighted by atomic mass is 16.2. The van der Waals surface area contributed by atoms with Crippen molar-refractivity contribution in [3.05, 3.63) is 77.4 Å². The molecule has 1 aliphatic carbocycles. The molecule has 1 heterocycles. The summed E-state index contributed by atoms with van der Waals surface area (Å²) in [6, 6.07) is 16.2. The molecule has 0 radical (unpaired) electrons. The number of nitrogens with one attached hydrogen (secondary N) is 1. The first-order valence-electron chi connectivity index (χ1n) is 6.49. The molecule has 0 saturated carbocycles. The lowest BCUT2D eigenvalue weighted by Gasteiger charge is -2.29. The highest BCUT2D eigenvalue weighted by molar-refractivity contribution is 6.10. The normalized spacial score (nSPS) is 23.1. The van der Waals surface area contributed by atoms with Gasteiger partial charge in [-0.05, 0) is 29.2 Å². The molecule has 1 atom stereocenters. The lowest BCUT2D eigenvalue weighted by Crippen LogP contribution is -2.36. The fourth-order valence-electron chi connectivity index (χ4n) is 3.25. The maximum absolute atomic E-state index is 12.6. The minimum absolute atomic E-state index is 0.0529. The number of hydrogen-bond acceptors (Lipinski definition) is 1. The van der Waals surface area contributed by atoms with Gasteiger partial charge in [0.05, 0.1) is 0 Å². The summed E-state index contributed by atoms with van der Waals surface area (Å²) in [6.45, 7) is 0. The van der Waals surface area contributed by atoms with Crippen molar-refractivity contribution in [2.75, 3.05) is 5.32 Å². The van der Waals surface area contributed by atoms with E-state index in [0.29, 0.717) is 0 Å². The van der Waals surface area contributed by atoms with E-state index in [9.17, 15) is 4.79 Å².